The zero-order valence-corrected chi connectivity index (χ0v) is 13.9. The summed E-state index contributed by atoms with van der Waals surface area (Å²) in [5.74, 6) is 0.620. The van der Waals surface area contributed by atoms with Gasteiger partial charge in [0.05, 0.1) is 18.8 Å². The van der Waals surface area contributed by atoms with Gasteiger partial charge in [-0.3, -0.25) is 0 Å². The normalized spacial score (nSPS) is 20.0. The summed E-state index contributed by atoms with van der Waals surface area (Å²) in [5, 5.41) is 3.20. The molecule has 0 amide bonds. The number of nitrogens with zero attached hydrogens (tertiary/aromatic N) is 1. The standard InChI is InChI=1S/C14H24N2O4S/c1-11(2)15-9-12-5-6-13(20-12)21(17,18)16-7-8-19-14(3,4)10-16/h5-6,11,15H,7-10H2,1-4H3. The van der Waals surface area contributed by atoms with Crippen molar-refractivity contribution in [2.75, 3.05) is 19.7 Å². The Hall–Kier alpha value is -0.890. The Morgan fingerprint density at radius 1 is 1.38 bits per heavy atom. The first-order valence-electron chi connectivity index (χ1n) is 7.17. The van der Waals surface area contributed by atoms with Gasteiger partial charge in [-0.1, -0.05) is 13.8 Å². The fourth-order valence-electron chi connectivity index (χ4n) is 2.20. The van der Waals surface area contributed by atoms with Crippen LogP contribution in [0.15, 0.2) is 21.6 Å². The molecule has 2 rings (SSSR count). The topological polar surface area (TPSA) is 71.8 Å². The summed E-state index contributed by atoms with van der Waals surface area (Å²) in [4.78, 5) is 0. The number of morpholine rings is 1. The molecule has 21 heavy (non-hydrogen) atoms. The van der Waals surface area contributed by atoms with Crippen LogP contribution in [-0.2, 0) is 21.3 Å². The van der Waals surface area contributed by atoms with Gasteiger partial charge in [0.1, 0.15) is 5.76 Å². The van der Waals surface area contributed by atoms with Crippen LogP contribution in [-0.4, -0.2) is 44.1 Å². The minimum Gasteiger partial charge on any atom is -0.447 e. The largest absolute Gasteiger partial charge is 0.447 e. The van der Waals surface area contributed by atoms with Gasteiger partial charge in [-0.15, -0.1) is 0 Å². The highest BCUT2D eigenvalue weighted by molar-refractivity contribution is 7.89. The van der Waals surface area contributed by atoms with Crippen LogP contribution in [0.1, 0.15) is 33.5 Å². The average molecular weight is 316 g/mol. The van der Waals surface area contributed by atoms with E-state index in [1.807, 2.05) is 27.7 Å². The van der Waals surface area contributed by atoms with E-state index in [0.29, 0.717) is 38.0 Å². The number of hydrogen-bond acceptors (Lipinski definition) is 5. The molecule has 0 radical (unpaired) electrons. The third kappa shape index (κ3) is 4.06. The predicted molar refractivity (Wildman–Crippen MR) is 79.5 cm³/mol. The molecule has 0 atom stereocenters. The van der Waals surface area contributed by atoms with Crippen LogP contribution in [0.4, 0.5) is 0 Å². The summed E-state index contributed by atoms with van der Waals surface area (Å²) >= 11 is 0. The number of sulfonamides is 1. The van der Waals surface area contributed by atoms with Gasteiger partial charge in [0.2, 0.25) is 5.09 Å². The molecule has 0 spiro atoms. The molecule has 1 aromatic rings. The highest BCUT2D eigenvalue weighted by atomic mass is 32.2. The lowest BCUT2D eigenvalue weighted by Crippen LogP contribution is -2.50. The van der Waals surface area contributed by atoms with Crippen molar-refractivity contribution in [1.29, 1.82) is 0 Å². The van der Waals surface area contributed by atoms with E-state index in [1.54, 1.807) is 6.07 Å². The molecular weight excluding hydrogens is 292 g/mol. The van der Waals surface area contributed by atoms with Gasteiger partial charge in [0.15, 0.2) is 0 Å². The van der Waals surface area contributed by atoms with E-state index in [9.17, 15) is 8.42 Å². The van der Waals surface area contributed by atoms with Crippen LogP contribution in [0, 0.1) is 0 Å². The number of hydrogen-bond donors (Lipinski definition) is 1. The van der Waals surface area contributed by atoms with Gasteiger partial charge >= 0.3 is 0 Å². The van der Waals surface area contributed by atoms with Crippen molar-refractivity contribution >= 4 is 10.0 Å². The molecule has 1 fully saturated rings. The summed E-state index contributed by atoms with van der Waals surface area (Å²) in [5.41, 5.74) is -0.472. The second-order valence-electron chi connectivity index (χ2n) is 6.20. The highest BCUT2D eigenvalue weighted by Gasteiger charge is 2.36. The number of ether oxygens (including phenoxy) is 1. The molecule has 0 unspecified atom stereocenters. The summed E-state index contributed by atoms with van der Waals surface area (Å²) in [7, 11) is -3.59. The molecule has 1 aromatic heterocycles. The van der Waals surface area contributed by atoms with Gasteiger partial charge in [-0.05, 0) is 26.0 Å². The maximum absolute atomic E-state index is 12.6. The lowest BCUT2D eigenvalue weighted by atomic mass is 10.1. The summed E-state index contributed by atoms with van der Waals surface area (Å²) in [6, 6.07) is 3.54. The second kappa shape index (κ2) is 6.08. The minimum absolute atomic E-state index is 0.000700. The Morgan fingerprint density at radius 2 is 2.10 bits per heavy atom. The van der Waals surface area contributed by atoms with E-state index in [-0.39, 0.29) is 5.09 Å². The number of rotatable bonds is 5. The highest BCUT2D eigenvalue weighted by Crippen LogP contribution is 2.24. The van der Waals surface area contributed by atoms with Gasteiger partial charge in [0.25, 0.3) is 10.0 Å². The fourth-order valence-corrected chi connectivity index (χ4v) is 3.70. The summed E-state index contributed by atoms with van der Waals surface area (Å²) in [6.45, 7) is 9.41. The molecule has 1 N–H and O–H groups in total. The van der Waals surface area contributed by atoms with Crippen molar-refractivity contribution in [3.63, 3.8) is 0 Å². The van der Waals surface area contributed by atoms with Crippen molar-refractivity contribution in [2.24, 2.45) is 0 Å². The molecule has 0 saturated carbocycles. The molecule has 1 saturated heterocycles. The maximum Gasteiger partial charge on any atom is 0.276 e. The third-order valence-corrected chi connectivity index (χ3v) is 5.03. The molecule has 2 heterocycles. The third-order valence-electron chi connectivity index (χ3n) is 3.31. The molecule has 0 aliphatic carbocycles. The molecule has 120 valence electrons. The maximum atomic E-state index is 12.6. The van der Waals surface area contributed by atoms with Gasteiger partial charge in [-0.25, -0.2) is 8.42 Å². The SMILES string of the molecule is CC(C)NCc1ccc(S(=O)(=O)N2CCOC(C)(C)C2)o1. The smallest absolute Gasteiger partial charge is 0.276 e. The van der Waals surface area contributed by atoms with Gasteiger partial charge < -0.3 is 14.5 Å². The fraction of sp³-hybridized carbons (Fsp3) is 0.714. The van der Waals surface area contributed by atoms with Crippen LogP contribution in [0.3, 0.4) is 0 Å². The zero-order valence-electron chi connectivity index (χ0n) is 13.0. The minimum atomic E-state index is -3.59. The van der Waals surface area contributed by atoms with Crippen LogP contribution in [0.2, 0.25) is 0 Å². The van der Waals surface area contributed by atoms with E-state index in [0.717, 1.165) is 0 Å². The van der Waals surface area contributed by atoms with Gasteiger partial charge in [0, 0.05) is 19.1 Å². The molecule has 0 aromatic carbocycles. The zero-order chi connectivity index (χ0) is 15.7. The number of nitrogens with one attached hydrogen (secondary N) is 1. The predicted octanol–water partition coefficient (Wildman–Crippen LogP) is 1.58. The van der Waals surface area contributed by atoms with Gasteiger partial charge in [-0.2, -0.15) is 4.31 Å². The van der Waals surface area contributed by atoms with Crippen LogP contribution < -0.4 is 5.32 Å². The Kier molecular flexibility index (Phi) is 4.77. The Balaban J connectivity index is 2.12. The Morgan fingerprint density at radius 3 is 2.71 bits per heavy atom. The molecule has 1 aliphatic heterocycles. The Bertz CT molecular complexity index is 578. The monoisotopic (exact) mass is 316 g/mol. The molecule has 1 aliphatic rings. The lowest BCUT2D eigenvalue weighted by Gasteiger charge is -2.36. The summed E-state index contributed by atoms with van der Waals surface area (Å²) < 4.78 is 37.6. The second-order valence-corrected chi connectivity index (χ2v) is 8.07. The van der Waals surface area contributed by atoms with Crippen molar-refractivity contribution in [3.05, 3.63) is 17.9 Å². The van der Waals surface area contributed by atoms with Crippen molar-refractivity contribution in [1.82, 2.24) is 9.62 Å². The first kappa shape index (κ1) is 16.5. The van der Waals surface area contributed by atoms with Crippen molar-refractivity contribution < 1.29 is 17.6 Å². The van der Waals surface area contributed by atoms with Crippen molar-refractivity contribution in [3.8, 4) is 0 Å². The van der Waals surface area contributed by atoms with E-state index in [2.05, 4.69) is 5.32 Å². The molecular formula is C14H24N2O4S. The van der Waals surface area contributed by atoms with E-state index >= 15 is 0 Å². The quantitative estimate of drug-likeness (QED) is 0.893. The Labute approximate surface area is 126 Å². The molecule has 0 bridgehead atoms. The van der Waals surface area contributed by atoms with E-state index < -0.39 is 15.6 Å². The molecule has 7 heteroatoms. The first-order chi connectivity index (χ1) is 9.71. The lowest BCUT2D eigenvalue weighted by molar-refractivity contribution is -0.0642. The summed E-state index contributed by atoms with van der Waals surface area (Å²) in [6.07, 6.45) is 0. The van der Waals surface area contributed by atoms with E-state index in [4.69, 9.17) is 9.15 Å². The first-order valence-corrected chi connectivity index (χ1v) is 8.61. The van der Waals surface area contributed by atoms with Crippen molar-refractivity contribution in [2.45, 2.75) is 51.0 Å². The number of furan rings is 1. The van der Waals surface area contributed by atoms with E-state index in [1.165, 1.54) is 10.4 Å². The average Bonchev–Trinajstić information content (AvgIpc) is 2.84. The van der Waals surface area contributed by atoms with Crippen LogP contribution in [0.5, 0.6) is 0 Å². The van der Waals surface area contributed by atoms with Crippen LogP contribution in [0.25, 0.3) is 0 Å². The molecule has 6 nitrogen and oxygen atoms in total. The van der Waals surface area contributed by atoms with Crippen LogP contribution >= 0.6 is 0 Å².